The summed E-state index contributed by atoms with van der Waals surface area (Å²) in [5.74, 6) is -0.675. The fourth-order valence-corrected chi connectivity index (χ4v) is 4.63. The SMILES string of the molecule is CCc1ccc([C@H]2C(=C(O)c3ccc4c(c3)OCCO4)C(=O)C(=O)N2c2nccs2)cc1. The van der Waals surface area contributed by atoms with E-state index in [2.05, 4.69) is 11.9 Å². The van der Waals surface area contributed by atoms with Crippen molar-refractivity contribution < 1.29 is 24.2 Å². The lowest BCUT2D eigenvalue weighted by molar-refractivity contribution is -0.132. The minimum absolute atomic E-state index is 0.0196. The molecule has 0 spiro atoms. The monoisotopic (exact) mass is 448 g/mol. The number of ether oxygens (including phenoxy) is 2. The molecule has 0 bridgehead atoms. The van der Waals surface area contributed by atoms with Gasteiger partial charge in [0.2, 0.25) is 0 Å². The Hall–Kier alpha value is -3.65. The average molecular weight is 449 g/mol. The van der Waals surface area contributed by atoms with Crippen LogP contribution < -0.4 is 14.4 Å². The molecule has 0 unspecified atom stereocenters. The Morgan fingerprint density at radius 1 is 1.12 bits per heavy atom. The van der Waals surface area contributed by atoms with Crippen LogP contribution in [0.4, 0.5) is 5.13 Å². The number of aryl methyl sites for hydroxylation is 1. The first-order chi connectivity index (χ1) is 15.6. The van der Waals surface area contributed by atoms with Gasteiger partial charge in [-0.3, -0.25) is 14.5 Å². The summed E-state index contributed by atoms with van der Waals surface area (Å²) >= 11 is 1.26. The van der Waals surface area contributed by atoms with Crippen LogP contribution in [0, 0.1) is 0 Å². The zero-order valence-electron chi connectivity index (χ0n) is 17.3. The van der Waals surface area contributed by atoms with Crippen LogP contribution in [0.5, 0.6) is 11.5 Å². The zero-order chi connectivity index (χ0) is 22.2. The van der Waals surface area contributed by atoms with E-state index in [1.165, 1.54) is 16.2 Å². The molecule has 1 saturated heterocycles. The minimum atomic E-state index is -0.791. The number of anilines is 1. The summed E-state index contributed by atoms with van der Waals surface area (Å²) < 4.78 is 11.2. The van der Waals surface area contributed by atoms with Crippen LogP contribution in [0.3, 0.4) is 0 Å². The number of carbonyl (C=O) groups excluding carboxylic acids is 2. The first kappa shape index (κ1) is 20.3. The maximum absolute atomic E-state index is 13.1. The van der Waals surface area contributed by atoms with Crippen LogP contribution in [0.15, 0.2) is 59.6 Å². The topological polar surface area (TPSA) is 89.0 Å². The van der Waals surface area contributed by atoms with E-state index in [0.29, 0.717) is 35.4 Å². The van der Waals surface area contributed by atoms with Crippen molar-refractivity contribution in [2.75, 3.05) is 18.1 Å². The largest absolute Gasteiger partial charge is 0.507 e. The van der Waals surface area contributed by atoms with Gasteiger partial charge in [-0.05, 0) is 35.7 Å². The van der Waals surface area contributed by atoms with E-state index in [9.17, 15) is 14.7 Å². The van der Waals surface area contributed by atoms with Crippen molar-refractivity contribution in [2.45, 2.75) is 19.4 Å². The number of ketones is 1. The molecule has 1 N–H and O–H groups in total. The highest BCUT2D eigenvalue weighted by Crippen LogP contribution is 2.43. The third kappa shape index (κ3) is 3.33. The summed E-state index contributed by atoms with van der Waals surface area (Å²) in [7, 11) is 0. The molecular weight excluding hydrogens is 428 g/mol. The molecular formula is C24H20N2O5S. The predicted molar refractivity (Wildman–Crippen MR) is 120 cm³/mol. The lowest BCUT2D eigenvalue weighted by Crippen LogP contribution is -2.29. The van der Waals surface area contributed by atoms with E-state index in [4.69, 9.17) is 9.47 Å². The highest BCUT2D eigenvalue weighted by atomic mass is 32.1. The van der Waals surface area contributed by atoms with Crippen LogP contribution in [-0.4, -0.2) is 35.0 Å². The van der Waals surface area contributed by atoms with Crippen LogP contribution >= 0.6 is 11.3 Å². The summed E-state index contributed by atoms with van der Waals surface area (Å²) in [5, 5.41) is 13.4. The summed E-state index contributed by atoms with van der Waals surface area (Å²) in [6, 6.07) is 11.9. The molecule has 2 aromatic carbocycles. The molecule has 1 amide bonds. The number of aliphatic hydroxyl groups is 1. The number of hydrogen-bond donors (Lipinski definition) is 1. The Bertz CT molecular complexity index is 1220. The Morgan fingerprint density at radius 3 is 2.56 bits per heavy atom. The lowest BCUT2D eigenvalue weighted by atomic mass is 9.94. The molecule has 0 saturated carbocycles. The van der Waals surface area contributed by atoms with Crippen molar-refractivity contribution in [3.8, 4) is 11.5 Å². The van der Waals surface area contributed by atoms with E-state index in [1.54, 1.807) is 29.8 Å². The maximum Gasteiger partial charge on any atom is 0.301 e. The van der Waals surface area contributed by atoms with Gasteiger partial charge in [-0.1, -0.05) is 31.2 Å². The quantitative estimate of drug-likeness (QED) is 0.367. The second-order valence-corrected chi connectivity index (χ2v) is 8.31. The van der Waals surface area contributed by atoms with Gasteiger partial charge in [-0.25, -0.2) is 4.98 Å². The minimum Gasteiger partial charge on any atom is -0.507 e. The average Bonchev–Trinajstić information content (AvgIpc) is 3.45. The molecule has 5 rings (SSSR count). The number of rotatable bonds is 4. The number of Topliss-reactive ketones (excluding diaryl/α,β-unsaturated/α-hetero) is 1. The van der Waals surface area contributed by atoms with Gasteiger partial charge >= 0.3 is 5.91 Å². The molecule has 2 aliphatic rings. The first-order valence-corrected chi connectivity index (χ1v) is 11.2. The van der Waals surface area contributed by atoms with Crippen LogP contribution in [0.2, 0.25) is 0 Å². The van der Waals surface area contributed by atoms with Crippen molar-refractivity contribution >= 4 is 33.9 Å². The molecule has 0 radical (unpaired) electrons. The van der Waals surface area contributed by atoms with Crippen molar-refractivity contribution in [1.82, 2.24) is 4.98 Å². The number of aliphatic hydroxyl groups excluding tert-OH is 1. The van der Waals surface area contributed by atoms with Crippen molar-refractivity contribution in [3.05, 3.63) is 76.3 Å². The van der Waals surface area contributed by atoms with E-state index in [1.807, 2.05) is 24.3 Å². The van der Waals surface area contributed by atoms with Gasteiger partial charge < -0.3 is 14.6 Å². The molecule has 1 atom stereocenters. The molecule has 1 aromatic heterocycles. The Kier molecular flexibility index (Phi) is 5.14. The van der Waals surface area contributed by atoms with Gasteiger partial charge in [0.25, 0.3) is 5.78 Å². The molecule has 3 heterocycles. The standard InChI is InChI=1S/C24H20N2O5S/c1-2-14-3-5-15(6-4-14)20-19(22(28)23(29)26(20)24-25-9-12-32-24)21(27)16-7-8-17-18(13-16)31-11-10-30-17/h3-9,12-13,20,27H,2,10-11H2,1H3/t20-/m0/s1. The fourth-order valence-electron chi connectivity index (χ4n) is 3.96. The number of aromatic nitrogens is 1. The van der Waals surface area contributed by atoms with E-state index < -0.39 is 17.7 Å². The van der Waals surface area contributed by atoms with Crippen LogP contribution in [-0.2, 0) is 16.0 Å². The Morgan fingerprint density at radius 2 is 1.88 bits per heavy atom. The van der Waals surface area contributed by atoms with Gasteiger partial charge in [0.1, 0.15) is 19.0 Å². The summed E-state index contributed by atoms with van der Waals surface area (Å²) in [4.78, 5) is 31.8. The Balaban J connectivity index is 1.67. The molecule has 1 fully saturated rings. The molecule has 8 heteroatoms. The molecule has 2 aliphatic heterocycles. The number of hydrogen-bond acceptors (Lipinski definition) is 7. The van der Waals surface area contributed by atoms with Crippen molar-refractivity contribution in [1.29, 1.82) is 0 Å². The van der Waals surface area contributed by atoms with Gasteiger partial charge in [0.05, 0.1) is 11.6 Å². The third-order valence-corrected chi connectivity index (χ3v) is 6.36. The first-order valence-electron chi connectivity index (χ1n) is 10.3. The highest BCUT2D eigenvalue weighted by Gasteiger charge is 2.48. The van der Waals surface area contributed by atoms with Crippen LogP contribution in [0.1, 0.15) is 29.7 Å². The van der Waals surface area contributed by atoms with Gasteiger partial charge in [0.15, 0.2) is 16.6 Å². The second-order valence-electron chi connectivity index (χ2n) is 7.44. The molecule has 0 aliphatic carbocycles. The third-order valence-electron chi connectivity index (χ3n) is 5.59. The van der Waals surface area contributed by atoms with E-state index in [-0.39, 0.29) is 11.3 Å². The number of nitrogens with zero attached hydrogens (tertiary/aromatic N) is 2. The second kappa shape index (κ2) is 8.12. The number of amides is 1. The number of thiazole rings is 1. The van der Waals surface area contributed by atoms with Crippen molar-refractivity contribution in [3.63, 3.8) is 0 Å². The van der Waals surface area contributed by atoms with Gasteiger partial charge in [-0.2, -0.15) is 0 Å². The number of benzene rings is 2. The van der Waals surface area contributed by atoms with Crippen molar-refractivity contribution in [2.24, 2.45) is 0 Å². The maximum atomic E-state index is 13.1. The van der Waals surface area contributed by atoms with Crippen LogP contribution in [0.25, 0.3) is 5.76 Å². The summed E-state index contributed by atoms with van der Waals surface area (Å²) in [6.07, 6.45) is 2.45. The highest BCUT2D eigenvalue weighted by molar-refractivity contribution is 7.14. The molecule has 32 heavy (non-hydrogen) atoms. The van der Waals surface area contributed by atoms with E-state index >= 15 is 0 Å². The predicted octanol–water partition coefficient (Wildman–Crippen LogP) is 4.10. The lowest BCUT2D eigenvalue weighted by Gasteiger charge is -2.23. The van der Waals surface area contributed by atoms with E-state index in [0.717, 1.165) is 17.5 Å². The molecule has 7 nitrogen and oxygen atoms in total. The molecule has 162 valence electrons. The summed E-state index contributed by atoms with van der Waals surface area (Å²) in [6.45, 7) is 2.90. The number of fused-ring (bicyclic) bond motifs is 1. The summed E-state index contributed by atoms with van der Waals surface area (Å²) in [5.41, 5.74) is 2.25. The van der Waals surface area contributed by atoms with Gasteiger partial charge in [-0.15, -0.1) is 11.3 Å². The smallest absolute Gasteiger partial charge is 0.301 e. The Labute approximate surface area is 188 Å². The number of carbonyl (C=O) groups is 2. The zero-order valence-corrected chi connectivity index (χ0v) is 18.1. The van der Waals surface area contributed by atoms with Gasteiger partial charge in [0, 0.05) is 17.1 Å². The normalized spacial score (nSPS) is 19.4. The molecule has 3 aromatic rings. The fraction of sp³-hybridized carbons (Fsp3) is 0.208.